The predicted molar refractivity (Wildman–Crippen MR) is 133 cm³/mol. The van der Waals surface area contributed by atoms with Crippen LogP contribution in [0.25, 0.3) is 22.3 Å². The molecule has 4 rings (SSSR count). The number of nitrogens with one attached hydrogen (secondary N) is 2. The van der Waals surface area contributed by atoms with Crippen LogP contribution in [0.15, 0.2) is 79.4 Å². The van der Waals surface area contributed by atoms with E-state index in [0.29, 0.717) is 28.6 Å². The van der Waals surface area contributed by atoms with Crippen LogP contribution in [0, 0.1) is 13.8 Å². The van der Waals surface area contributed by atoms with Crippen LogP contribution in [0.3, 0.4) is 0 Å². The lowest BCUT2D eigenvalue weighted by molar-refractivity contribution is -0.111. The van der Waals surface area contributed by atoms with E-state index < -0.39 is 5.91 Å². The van der Waals surface area contributed by atoms with Crippen molar-refractivity contribution < 1.29 is 14.3 Å². The molecule has 2 amide bonds. The Balaban J connectivity index is 1.71. The quantitative estimate of drug-likeness (QED) is 0.327. The highest BCUT2D eigenvalue weighted by molar-refractivity contribution is 6.04. The Hall–Kier alpha value is -4.65. The topological polar surface area (TPSA) is 110 Å². The van der Waals surface area contributed by atoms with Crippen molar-refractivity contribution in [1.82, 2.24) is 9.97 Å². The number of ether oxygens (including phenoxy) is 1. The molecule has 2 heterocycles. The highest BCUT2D eigenvalue weighted by atomic mass is 16.5. The van der Waals surface area contributed by atoms with Gasteiger partial charge in [-0.3, -0.25) is 9.59 Å². The molecule has 2 aromatic carbocycles. The number of aromatic nitrogens is 2. The highest BCUT2D eigenvalue weighted by Gasteiger charge is 2.21. The maximum Gasteiger partial charge on any atom is 0.265 e. The molecule has 4 N–H and O–H groups in total. The summed E-state index contributed by atoms with van der Waals surface area (Å²) in [6.07, 6.45) is 1.21. The summed E-state index contributed by atoms with van der Waals surface area (Å²) in [5, 5.41) is 2.73. The summed E-state index contributed by atoms with van der Waals surface area (Å²) in [6.45, 7) is 7.25. The number of aromatic amines is 1. The first-order valence-corrected chi connectivity index (χ1v) is 10.6. The van der Waals surface area contributed by atoms with Crippen LogP contribution in [-0.2, 0) is 4.79 Å². The number of amides is 2. The number of rotatable bonds is 7. The second kappa shape index (κ2) is 9.46. The number of aryl methyl sites for hydroxylation is 2. The summed E-state index contributed by atoms with van der Waals surface area (Å²) < 4.78 is 5.85. The lowest BCUT2D eigenvalue weighted by Crippen LogP contribution is -2.12. The van der Waals surface area contributed by atoms with E-state index in [-0.39, 0.29) is 5.91 Å². The van der Waals surface area contributed by atoms with Gasteiger partial charge in [0.25, 0.3) is 5.91 Å². The standard InChI is InChI=1S/C27H24N4O3/c1-4-22(32)31-20-12-8-18(9-13-20)24-17(3)30-26(27(28)33)25(24)19-10-14-21(15-11-19)34-23-7-5-6-16(2)29-23/h4-15,30H,1H2,2-3H3,(H2,28,33)(H,31,32). The maximum atomic E-state index is 12.2. The van der Waals surface area contributed by atoms with Crippen LogP contribution >= 0.6 is 0 Å². The number of anilines is 1. The molecule has 0 radical (unpaired) electrons. The van der Waals surface area contributed by atoms with Crippen molar-refractivity contribution in [1.29, 1.82) is 0 Å². The fourth-order valence-electron chi connectivity index (χ4n) is 3.76. The molecule has 7 heteroatoms. The number of benzene rings is 2. The molecular weight excluding hydrogens is 428 g/mol. The fourth-order valence-corrected chi connectivity index (χ4v) is 3.76. The van der Waals surface area contributed by atoms with Gasteiger partial charge in [-0.25, -0.2) is 4.98 Å². The SMILES string of the molecule is C=CC(=O)Nc1ccc(-c2c(C)[nH]c(C(N)=O)c2-c2ccc(Oc3cccc(C)n3)cc2)cc1. The van der Waals surface area contributed by atoms with Gasteiger partial charge in [0.15, 0.2) is 0 Å². The first-order chi connectivity index (χ1) is 16.4. The van der Waals surface area contributed by atoms with E-state index in [9.17, 15) is 9.59 Å². The van der Waals surface area contributed by atoms with Gasteiger partial charge in [-0.2, -0.15) is 0 Å². The average molecular weight is 453 g/mol. The molecule has 7 nitrogen and oxygen atoms in total. The van der Waals surface area contributed by atoms with E-state index >= 15 is 0 Å². The van der Waals surface area contributed by atoms with Crippen molar-refractivity contribution in [2.24, 2.45) is 5.73 Å². The molecule has 0 atom stereocenters. The zero-order chi connectivity index (χ0) is 24.2. The van der Waals surface area contributed by atoms with Crippen molar-refractivity contribution in [2.75, 3.05) is 5.32 Å². The molecule has 170 valence electrons. The van der Waals surface area contributed by atoms with Gasteiger partial charge in [0, 0.05) is 34.3 Å². The third-order valence-corrected chi connectivity index (χ3v) is 5.29. The molecule has 0 saturated heterocycles. The molecule has 0 aliphatic carbocycles. The molecule has 0 spiro atoms. The summed E-state index contributed by atoms with van der Waals surface area (Å²) in [6, 6.07) is 20.3. The molecule has 0 aliphatic heterocycles. The molecule has 0 bridgehead atoms. The molecule has 0 saturated carbocycles. The second-order valence-electron chi connectivity index (χ2n) is 7.75. The van der Waals surface area contributed by atoms with Gasteiger partial charge in [-0.15, -0.1) is 0 Å². The van der Waals surface area contributed by atoms with Crippen molar-refractivity contribution in [3.05, 3.63) is 96.5 Å². The molecule has 2 aromatic heterocycles. The van der Waals surface area contributed by atoms with E-state index in [1.165, 1.54) is 6.08 Å². The van der Waals surface area contributed by atoms with Crippen molar-refractivity contribution in [3.8, 4) is 33.9 Å². The van der Waals surface area contributed by atoms with E-state index in [2.05, 4.69) is 21.9 Å². The number of carbonyl (C=O) groups excluding carboxylic acids is 2. The van der Waals surface area contributed by atoms with Crippen LogP contribution in [0.1, 0.15) is 21.9 Å². The van der Waals surface area contributed by atoms with Crippen LogP contribution in [0.4, 0.5) is 5.69 Å². The van der Waals surface area contributed by atoms with E-state index in [1.807, 2.05) is 62.4 Å². The van der Waals surface area contributed by atoms with Gasteiger partial charge < -0.3 is 20.8 Å². The van der Waals surface area contributed by atoms with E-state index in [0.717, 1.165) is 28.1 Å². The molecule has 0 fully saturated rings. The number of primary amides is 1. The number of carbonyl (C=O) groups is 2. The summed E-state index contributed by atoms with van der Waals surface area (Å²) >= 11 is 0. The smallest absolute Gasteiger partial charge is 0.265 e. The molecule has 0 unspecified atom stereocenters. The Labute approximate surface area is 197 Å². The van der Waals surface area contributed by atoms with Gasteiger partial charge >= 0.3 is 0 Å². The molecule has 34 heavy (non-hydrogen) atoms. The Kier molecular flexibility index (Phi) is 6.27. The largest absolute Gasteiger partial charge is 0.439 e. The number of hydrogen-bond donors (Lipinski definition) is 3. The van der Waals surface area contributed by atoms with Crippen LogP contribution < -0.4 is 15.8 Å². The van der Waals surface area contributed by atoms with Gasteiger partial charge in [0.05, 0.1) is 0 Å². The van der Waals surface area contributed by atoms with Gasteiger partial charge in [0.1, 0.15) is 11.4 Å². The van der Waals surface area contributed by atoms with Gasteiger partial charge in [-0.1, -0.05) is 36.9 Å². The molecule has 0 aliphatic rings. The zero-order valence-corrected chi connectivity index (χ0v) is 18.9. The minimum Gasteiger partial charge on any atom is -0.439 e. The lowest BCUT2D eigenvalue weighted by atomic mass is 9.94. The van der Waals surface area contributed by atoms with Crippen LogP contribution in [0.5, 0.6) is 11.6 Å². The van der Waals surface area contributed by atoms with Gasteiger partial charge in [0.2, 0.25) is 11.8 Å². The Morgan fingerprint density at radius 2 is 1.62 bits per heavy atom. The summed E-state index contributed by atoms with van der Waals surface area (Å²) in [4.78, 5) is 31.3. The van der Waals surface area contributed by atoms with Crippen molar-refractivity contribution >= 4 is 17.5 Å². The predicted octanol–water partition coefficient (Wildman–Crippen LogP) is 5.38. The number of hydrogen-bond acceptors (Lipinski definition) is 4. The minimum absolute atomic E-state index is 0.287. The number of nitrogens with two attached hydrogens (primary N) is 1. The second-order valence-corrected chi connectivity index (χ2v) is 7.75. The third kappa shape index (κ3) is 4.73. The van der Waals surface area contributed by atoms with Crippen molar-refractivity contribution in [3.63, 3.8) is 0 Å². The van der Waals surface area contributed by atoms with E-state index in [1.54, 1.807) is 18.2 Å². The Morgan fingerprint density at radius 1 is 0.971 bits per heavy atom. The number of nitrogens with zero attached hydrogens (tertiary/aromatic N) is 1. The Morgan fingerprint density at radius 3 is 2.24 bits per heavy atom. The average Bonchev–Trinajstić information content (AvgIpc) is 3.17. The summed E-state index contributed by atoms with van der Waals surface area (Å²) in [7, 11) is 0. The summed E-state index contributed by atoms with van der Waals surface area (Å²) in [5.74, 6) is 0.292. The first kappa shape index (κ1) is 22.5. The fraction of sp³-hybridized carbons (Fsp3) is 0.0741. The normalized spacial score (nSPS) is 10.5. The van der Waals surface area contributed by atoms with Gasteiger partial charge in [-0.05, 0) is 61.4 Å². The molecule has 4 aromatic rings. The first-order valence-electron chi connectivity index (χ1n) is 10.6. The third-order valence-electron chi connectivity index (χ3n) is 5.29. The monoisotopic (exact) mass is 452 g/mol. The highest BCUT2D eigenvalue weighted by Crippen LogP contribution is 2.39. The van der Waals surface area contributed by atoms with Crippen LogP contribution in [-0.4, -0.2) is 21.8 Å². The van der Waals surface area contributed by atoms with E-state index in [4.69, 9.17) is 10.5 Å². The number of H-pyrrole nitrogens is 1. The minimum atomic E-state index is -0.552. The molecular formula is C27H24N4O3. The number of pyridine rings is 1. The zero-order valence-electron chi connectivity index (χ0n) is 18.9. The summed E-state index contributed by atoms with van der Waals surface area (Å²) in [5.41, 5.74) is 11.6. The van der Waals surface area contributed by atoms with Crippen molar-refractivity contribution in [2.45, 2.75) is 13.8 Å². The van der Waals surface area contributed by atoms with Crippen LogP contribution in [0.2, 0.25) is 0 Å². The maximum absolute atomic E-state index is 12.2. The lowest BCUT2D eigenvalue weighted by Gasteiger charge is -2.11. The Bertz CT molecular complexity index is 1370.